The predicted molar refractivity (Wildman–Crippen MR) is 171 cm³/mol. The van der Waals surface area contributed by atoms with Crippen molar-refractivity contribution in [3.63, 3.8) is 0 Å². The van der Waals surface area contributed by atoms with Crippen molar-refractivity contribution in [1.29, 1.82) is 0 Å². The monoisotopic (exact) mass is 850 g/mol. The molecule has 25 heteroatoms. The van der Waals surface area contributed by atoms with E-state index in [1.165, 1.54) is 24.3 Å². The Morgan fingerprint density at radius 3 is 1.36 bits per heavy atom. The molecule has 55 heavy (non-hydrogen) atoms. The molecule has 0 aromatic heterocycles. The molecule has 0 saturated carbocycles. The van der Waals surface area contributed by atoms with Crippen molar-refractivity contribution in [2.24, 2.45) is 5.92 Å². The number of imide groups is 2. The molecule has 0 spiro atoms. The number of hydrogen-bond donors (Lipinski definition) is 1. The number of rotatable bonds is 11. The van der Waals surface area contributed by atoms with Gasteiger partial charge in [0.05, 0.1) is 34.8 Å². The summed E-state index contributed by atoms with van der Waals surface area (Å²) in [6.07, 6.45) is -12.4. The lowest BCUT2D eigenvalue weighted by atomic mass is 10.1. The van der Waals surface area contributed by atoms with Crippen LogP contribution in [0.3, 0.4) is 0 Å². The fraction of sp³-hybridized carbons (Fsp3) is 0.467. The average Bonchev–Trinajstić information content (AvgIpc) is 3.39. The summed E-state index contributed by atoms with van der Waals surface area (Å²) in [4.78, 5) is 45.3. The minimum Gasteiger partial charge on any atom is -0.385 e. The van der Waals surface area contributed by atoms with Gasteiger partial charge in [0.15, 0.2) is 0 Å². The first-order chi connectivity index (χ1) is 24.3. The van der Waals surface area contributed by atoms with E-state index in [1.54, 1.807) is 24.3 Å². The van der Waals surface area contributed by atoms with Crippen molar-refractivity contribution in [1.82, 2.24) is 10.1 Å². The van der Waals surface area contributed by atoms with Crippen LogP contribution < -0.4 is 0 Å². The van der Waals surface area contributed by atoms with Crippen LogP contribution in [0.1, 0.15) is 75.5 Å². The Kier molecular flexibility index (Phi) is 17.7. The van der Waals surface area contributed by atoms with E-state index in [9.17, 15) is 66.6 Å². The zero-order valence-electron chi connectivity index (χ0n) is 28.4. The van der Waals surface area contributed by atoms with Crippen LogP contribution in [0.25, 0.3) is 0 Å². The third kappa shape index (κ3) is 13.8. The first kappa shape index (κ1) is 50.8. The van der Waals surface area contributed by atoms with Gasteiger partial charge in [0.2, 0.25) is 0 Å². The van der Waals surface area contributed by atoms with Crippen molar-refractivity contribution in [3.05, 3.63) is 70.8 Å². The number of ether oxygens (including phenoxy) is 2. The molecular formula is C30H35F9N2O12S2. The number of benzene rings is 2. The van der Waals surface area contributed by atoms with Gasteiger partial charge in [-0.1, -0.05) is 45.5 Å². The molecule has 0 fully saturated rings. The number of carbonyl (C=O) groups excluding carboxylic acids is 4. The number of hydroxylamine groups is 4. The summed E-state index contributed by atoms with van der Waals surface area (Å²) in [5.74, 6) is -15.0. The molecule has 4 rings (SSSR count). The second-order valence-electron chi connectivity index (χ2n) is 11.1. The molecule has 0 saturated heterocycles. The quantitative estimate of drug-likeness (QED) is 0.0922. The Labute approximate surface area is 309 Å². The standard InChI is InChI=1S/C11H16F8O2.C9H7NO5S.C8H5NO3.CH3FO2S.CH4/c1-7(2)9(14,15)11(18,19)21-10(16,17)8(12,13)5-4-6-20-3;1-16(13,14)15-10-8(11)6-4-2-3-5-7(6)9(10)12;10-7-5-3-1-2-4-6(5)8(11)9(7)12;1-5(2,3)4;/h7H,4-6H2,1-3H3;2-5H,1H3;1-4,12H;1H3;1H4. The van der Waals surface area contributed by atoms with Gasteiger partial charge in [0.25, 0.3) is 44.0 Å². The Balaban J connectivity index is 0.000000759. The van der Waals surface area contributed by atoms with E-state index in [4.69, 9.17) is 13.6 Å². The number of hydrogen-bond acceptors (Lipinski definition) is 12. The number of nitrogens with zero attached hydrogens (tertiary/aromatic N) is 2. The lowest BCUT2D eigenvalue weighted by Gasteiger charge is -2.34. The number of carbonyl (C=O) groups is 4. The molecule has 2 aromatic rings. The van der Waals surface area contributed by atoms with Gasteiger partial charge in [-0.2, -0.15) is 52.0 Å². The van der Waals surface area contributed by atoms with Crippen molar-refractivity contribution >= 4 is 44.0 Å². The van der Waals surface area contributed by atoms with E-state index in [0.717, 1.165) is 13.4 Å². The lowest BCUT2D eigenvalue weighted by molar-refractivity contribution is -0.472. The van der Waals surface area contributed by atoms with Crippen molar-refractivity contribution < 1.29 is 94.0 Å². The van der Waals surface area contributed by atoms with Crippen LogP contribution in [0.2, 0.25) is 0 Å². The highest BCUT2D eigenvalue weighted by atomic mass is 32.3. The fourth-order valence-corrected chi connectivity index (χ4v) is 4.18. The maximum Gasteiger partial charge on any atom is 0.424 e. The summed E-state index contributed by atoms with van der Waals surface area (Å²) >= 11 is 0. The zero-order valence-corrected chi connectivity index (χ0v) is 30.0. The van der Waals surface area contributed by atoms with E-state index in [1.807, 2.05) is 0 Å². The molecule has 1 N–H and O–H groups in total. The van der Waals surface area contributed by atoms with Gasteiger partial charge in [-0.15, -0.1) is 18.3 Å². The maximum atomic E-state index is 13.1. The molecule has 0 atom stereocenters. The van der Waals surface area contributed by atoms with E-state index in [-0.39, 0.29) is 46.4 Å². The highest BCUT2D eigenvalue weighted by Crippen LogP contribution is 2.48. The average molecular weight is 851 g/mol. The summed E-state index contributed by atoms with van der Waals surface area (Å²) in [6.45, 7) is 0.905. The van der Waals surface area contributed by atoms with Gasteiger partial charge in [-0.3, -0.25) is 24.4 Å². The van der Waals surface area contributed by atoms with Gasteiger partial charge in [0.1, 0.15) is 0 Å². The van der Waals surface area contributed by atoms with Crippen LogP contribution >= 0.6 is 0 Å². The molecule has 0 unspecified atom stereocenters. The number of fused-ring (bicyclic) bond motifs is 2. The lowest BCUT2D eigenvalue weighted by Crippen LogP contribution is -2.55. The van der Waals surface area contributed by atoms with Crippen molar-refractivity contribution in [2.45, 2.75) is 58.2 Å². The van der Waals surface area contributed by atoms with Crippen LogP contribution in [-0.2, 0) is 34.1 Å². The molecule has 2 aliphatic rings. The maximum absolute atomic E-state index is 13.1. The van der Waals surface area contributed by atoms with E-state index >= 15 is 0 Å². The fourth-order valence-electron chi connectivity index (χ4n) is 3.77. The van der Waals surface area contributed by atoms with Gasteiger partial charge >= 0.3 is 24.1 Å². The zero-order chi connectivity index (χ0) is 42.3. The van der Waals surface area contributed by atoms with Crippen LogP contribution in [0.4, 0.5) is 39.0 Å². The molecule has 2 aromatic carbocycles. The predicted octanol–water partition coefficient (Wildman–Crippen LogP) is 5.94. The number of alkyl halides is 8. The molecule has 312 valence electrons. The molecule has 0 aliphatic carbocycles. The Hall–Kier alpha value is -4.17. The molecule has 0 bridgehead atoms. The summed E-state index contributed by atoms with van der Waals surface area (Å²) in [5, 5.41) is 9.30. The summed E-state index contributed by atoms with van der Waals surface area (Å²) < 4.78 is 166. The summed E-state index contributed by atoms with van der Waals surface area (Å²) in [6, 6.07) is 12.3. The van der Waals surface area contributed by atoms with Crippen molar-refractivity contribution in [3.8, 4) is 0 Å². The third-order valence-corrected chi connectivity index (χ3v) is 6.79. The van der Waals surface area contributed by atoms with Gasteiger partial charge in [-0.25, -0.2) is 4.74 Å². The number of halogens is 9. The Bertz CT molecular complexity index is 1840. The minimum atomic E-state index is -5.75. The largest absolute Gasteiger partial charge is 0.424 e. The van der Waals surface area contributed by atoms with E-state index < -0.39 is 86.8 Å². The first-order valence-electron chi connectivity index (χ1n) is 14.5. The molecule has 2 heterocycles. The van der Waals surface area contributed by atoms with Gasteiger partial charge < -0.3 is 4.74 Å². The van der Waals surface area contributed by atoms with Crippen LogP contribution in [0.15, 0.2) is 48.5 Å². The van der Waals surface area contributed by atoms with Crippen LogP contribution in [0.5, 0.6) is 0 Å². The minimum absolute atomic E-state index is 0. The van der Waals surface area contributed by atoms with Gasteiger partial charge in [-0.05, 0) is 30.7 Å². The topological polar surface area (TPSA) is 191 Å². The van der Waals surface area contributed by atoms with E-state index in [2.05, 4.69) is 13.8 Å². The van der Waals surface area contributed by atoms with Crippen LogP contribution in [0, 0.1) is 5.92 Å². The Morgan fingerprint density at radius 1 is 0.709 bits per heavy atom. The normalized spacial score (nSPS) is 14.5. The van der Waals surface area contributed by atoms with Crippen molar-refractivity contribution in [2.75, 3.05) is 26.2 Å². The Morgan fingerprint density at radius 2 is 1.05 bits per heavy atom. The summed E-state index contributed by atoms with van der Waals surface area (Å²) in [7, 11) is -6.96. The molecule has 14 nitrogen and oxygen atoms in total. The second-order valence-corrected chi connectivity index (χ2v) is 14.0. The molecule has 4 amide bonds. The number of methoxy groups -OCH3 is 1. The SMILES string of the molecule is C.COCCCC(F)(F)C(F)(F)OC(F)(F)C(F)(F)C(C)C.CS(=O)(=O)F.CS(=O)(=O)ON1C(=O)c2ccccc2C1=O.O=C1c2ccccc2C(=O)N1O. The van der Waals surface area contributed by atoms with Crippen LogP contribution in [-0.4, -0.2) is 106 Å². The third-order valence-electron chi connectivity index (χ3n) is 6.37. The highest BCUT2D eigenvalue weighted by Gasteiger charge is 2.69. The number of amides is 4. The van der Waals surface area contributed by atoms with Gasteiger partial charge in [0, 0.05) is 26.1 Å². The molecular weight excluding hydrogens is 815 g/mol. The molecule has 2 aliphatic heterocycles. The second kappa shape index (κ2) is 19.1. The highest BCUT2D eigenvalue weighted by molar-refractivity contribution is 7.86. The smallest absolute Gasteiger partial charge is 0.385 e. The van der Waals surface area contributed by atoms with E-state index in [0.29, 0.717) is 20.1 Å². The molecule has 0 radical (unpaired) electrons. The summed E-state index contributed by atoms with van der Waals surface area (Å²) in [5.41, 5.74) is 0.780. The first-order valence-corrected chi connectivity index (χ1v) is 18.1.